The molecule has 2 rings (SSSR count). The zero-order valence-electron chi connectivity index (χ0n) is 12.9. The Morgan fingerprint density at radius 2 is 1.81 bits per heavy atom. The number of aliphatic carboxylic acids is 1. The van der Waals surface area contributed by atoms with Gasteiger partial charge in [-0.05, 0) is 44.9 Å². The van der Waals surface area contributed by atoms with E-state index in [-0.39, 0.29) is 23.8 Å². The van der Waals surface area contributed by atoms with Gasteiger partial charge in [-0.15, -0.1) is 0 Å². The van der Waals surface area contributed by atoms with Crippen molar-refractivity contribution in [2.75, 3.05) is 19.7 Å². The molecule has 1 N–H and O–H groups in total. The molecule has 1 saturated heterocycles. The van der Waals surface area contributed by atoms with Gasteiger partial charge >= 0.3 is 5.97 Å². The Morgan fingerprint density at radius 1 is 1.14 bits per heavy atom. The second-order valence-electron chi connectivity index (χ2n) is 6.31. The predicted molar refractivity (Wildman–Crippen MR) is 78.9 cm³/mol. The molecule has 1 amide bonds. The van der Waals surface area contributed by atoms with E-state index in [0.29, 0.717) is 32.2 Å². The number of amides is 1. The monoisotopic (exact) mass is 297 g/mol. The second kappa shape index (κ2) is 7.78. The van der Waals surface area contributed by atoms with Crippen LogP contribution < -0.4 is 0 Å². The van der Waals surface area contributed by atoms with E-state index < -0.39 is 5.97 Å². The average molecular weight is 297 g/mol. The molecule has 2 fully saturated rings. The van der Waals surface area contributed by atoms with Gasteiger partial charge in [-0.1, -0.05) is 6.92 Å². The van der Waals surface area contributed by atoms with Gasteiger partial charge in [0, 0.05) is 25.6 Å². The van der Waals surface area contributed by atoms with E-state index in [1.165, 1.54) is 0 Å². The molecule has 2 aliphatic rings. The number of carbonyl (C=O) groups is 2. The molecule has 1 unspecified atom stereocenters. The van der Waals surface area contributed by atoms with Crippen LogP contribution in [0.4, 0.5) is 0 Å². The van der Waals surface area contributed by atoms with Crippen molar-refractivity contribution in [3.05, 3.63) is 0 Å². The summed E-state index contributed by atoms with van der Waals surface area (Å²) in [6.45, 7) is 4.38. The summed E-state index contributed by atoms with van der Waals surface area (Å²) in [7, 11) is 0. The zero-order valence-corrected chi connectivity index (χ0v) is 12.9. The third kappa shape index (κ3) is 4.43. The highest BCUT2D eigenvalue weighted by molar-refractivity contribution is 5.79. The fraction of sp³-hybridized carbons (Fsp3) is 0.875. The molecule has 0 aromatic heterocycles. The van der Waals surface area contributed by atoms with E-state index in [2.05, 4.69) is 6.92 Å². The maximum atomic E-state index is 12.6. The summed E-state index contributed by atoms with van der Waals surface area (Å²) in [6, 6.07) is 0. The molecule has 0 bridgehead atoms. The SMILES string of the molecule is CCCOC1CCCN(C(=O)C2CCC(C(=O)O)CC2)C1. The van der Waals surface area contributed by atoms with Crippen molar-refractivity contribution in [2.45, 2.75) is 58.0 Å². The van der Waals surface area contributed by atoms with Crippen LogP contribution in [0.1, 0.15) is 51.9 Å². The third-order valence-electron chi connectivity index (χ3n) is 4.67. The van der Waals surface area contributed by atoms with Crippen LogP contribution >= 0.6 is 0 Å². The van der Waals surface area contributed by atoms with Gasteiger partial charge < -0.3 is 14.7 Å². The molecule has 1 atom stereocenters. The Kier molecular flexibility index (Phi) is 6.03. The highest BCUT2D eigenvalue weighted by Gasteiger charge is 2.33. The van der Waals surface area contributed by atoms with Gasteiger partial charge in [0.15, 0.2) is 0 Å². The summed E-state index contributed by atoms with van der Waals surface area (Å²) in [5.74, 6) is -0.739. The van der Waals surface area contributed by atoms with E-state index in [1.807, 2.05) is 4.90 Å². The van der Waals surface area contributed by atoms with Crippen molar-refractivity contribution < 1.29 is 19.4 Å². The summed E-state index contributed by atoms with van der Waals surface area (Å²) >= 11 is 0. The predicted octanol–water partition coefficient (Wildman–Crippen LogP) is 2.30. The van der Waals surface area contributed by atoms with Crippen molar-refractivity contribution in [1.29, 1.82) is 0 Å². The standard InChI is InChI=1S/C16H27NO4/c1-2-10-21-14-4-3-9-17(11-14)15(18)12-5-7-13(8-6-12)16(19)20/h12-14H,2-11H2,1H3,(H,19,20). The molecule has 120 valence electrons. The van der Waals surface area contributed by atoms with E-state index in [0.717, 1.165) is 32.4 Å². The highest BCUT2D eigenvalue weighted by atomic mass is 16.5. The summed E-state index contributed by atoms with van der Waals surface area (Å²) in [5.41, 5.74) is 0. The molecule has 0 spiro atoms. The number of nitrogens with zero attached hydrogens (tertiary/aromatic N) is 1. The molecule has 1 aliphatic carbocycles. The van der Waals surface area contributed by atoms with Crippen LogP contribution in [-0.2, 0) is 14.3 Å². The molecule has 5 heteroatoms. The Balaban J connectivity index is 1.81. The van der Waals surface area contributed by atoms with Gasteiger partial charge in [0.2, 0.25) is 5.91 Å². The van der Waals surface area contributed by atoms with E-state index in [9.17, 15) is 9.59 Å². The molecule has 1 heterocycles. The van der Waals surface area contributed by atoms with E-state index in [1.54, 1.807) is 0 Å². The lowest BCUT2D eigenvalue weighted by Crippen LogP contribution is -2.46. The fourth-order valence-corrected chi connectivity index (χ4v) is 3.40. The largest absolute Gasteiger partial charge is 0.481 e. The molecular weight excluding hydrogens is 270 g/mol. The number of hydrogen-bond donors (Lipinski definition) is 1. The molecule has 0 aromatic carbocycles. The number of piperidine rings is 1. The summed E-state index contributed by atoms with van der Waals surface area (Å²) in [5, 5.41) is 9.02. The van der Waals surface area contributed by atoms with Crippen LogP contribution in [0.25, 0.3) is 0 Å². The van der Waals surface area contributed by atoms with Crippen molar-refractivity contribution >= 4 is 11.9 Å². The Labute approximate surface area is 126 Å². The molecular formula is C16H27NO4. The molecule has 0 radical (unpaired) electrons. The Morgan fingerprint density at radius 3 is 2.43 bits per heavy atom. The van der Waals surface area contributed by atoms with Crippen molar-refractivity contribution in [3.63, 3.8) is 0 Å². The number of carboxylic acids is 1. The summed E-state index contributed by atoms with van der Waals surface area (Å²) < 4.78 is 5.78. The van der Waals surface area contributed by atoms with E-state index in [4.69, 9.17) is 9.84 Å². The van der Waals surface area contributed by atoms with Crippen LogP contribution in [0.3, 0.4) is 0 Å². The van der Waals surface area contributed by atoms with E-state index >= 15 is 0 Å². The maximum Gasteiger partial charge on any atom is 0.306 e. The van der Waals surface area contributed by atoms with Gasteiger partial charge in [0.05, 0.1) is 12.0 Å². The minimum Gasteiger partial charge on any atom is -0.481 e. The van der Waals surface area contributed by atoms with Crippen LogP contribution in [0.5, 0.6) is 0 Å². The van der Waals surface area contributed by atoms with Crippen LogP contribution in [0.2, 0.25) is 0 Å². The van der Waals surface area contributed by atoms with Crippen molar-refractivity contribution in [3.8, 4) is 0 Å². The third-order valence-corrected chi connectivity index (χ3v) is 4.67. The number of carboxylic acid groups (broad SMARTS) is 1. The minimum absolute atomic E-state index is 0.0190. The van der Waals surface area contributed by atoms with Gasteiger partial charge in [-0.3, -0.25) is 9.59 Å². The number of carbonyl (C=O) groups excluding carboxylic acids is 1. The van der Waals surface area contributed by atoms with Crippen molar-refractivity contribution in [1.82, 2.24) is 4.90 Å². The first kappa shape index (κ1) is 16.3. The van der Waals surface area contributed by atoms with Crippen LogP contribution in [0.15, 0.2) is 0 Å². The molecule has 1 aliphatic heterocycles. The lowest BCUT2D eigenvalue weighted by Gasteiger charge is -2.36. The quantitative estimate of drug-likeness (QED) is 0.845. The number of likely N-dealkylation sites (tertiary alicyclic amines) is 1. The summed E-state index contributed by atoms with van der Waals surface area (Å²) in [6.07, 6.45) is 5.92. The first-order valence-electron chi connectivity index (χ1n) is 8.25. The Bertz CT molecular complexity index is 363. The van der Waals surface area contributed by atoms with Gasteiger partial charge in [-0.25, -0.2) is 0 Å². The molecule has 1 saturated carbocycles. The first-order valence-corrected chi connectivity index (χ1v) is 8.25. The lowest BCUT2D eigenvalue weighted by atomic mass is 9.81. The van der Waals surface area contributed by atoms with Gasteiger partial charge in [-0.2, -0.15) is 0 Å². The minimum atomic E-state index is -0.716. The highest BCUT2D eigenvalue weighted by Crippen LogP contribution is 2.31. The molecule has 21 heavy (non-hydrogen) atoms. The number of ether oxygens (including phenoxy) is 1. The van der Waals surface area contributed by atoms with Crippen LogP contribution in [-0.4, -0.2) is 47.7 Å². The van der Waals surface area contributed by atoms with Crippen LogP contribution in [0, 0.1) is 11.8 Å². The fourth-order valence-electron chi connectivity index (χ4n) is 3.40. The summed E-state index contributed by atoms with van der Waals surface area (Å²) in [4.78, 5) is 25.5. The first-order chi connectivity index (χ1) is 10.1. The Hall–Kier alpha value is -1.10. The zero-order chi connectivity index (χ0) is 15.2. The molecule has 5 nitrogen and oxygen atoms in total. The average Bonchev–Trinajstić information content (AvgIpc) is 2.52. The van der Waals surface area contributed by atoms with Gasteiger partial charge in [0.25, 0.3) is 0 Å². The number of hydrogen-bond acceptors (Lipinski definition) is 3. The topological polar surface area (TPSA) is 66.8 Å². The smallest absolute Gasteiger partial charge is 0.306 e. The lowest BCUT2D eigenvalue weighted by molar-refractivity contribution is -0.147. The second-order valence-corrected chi connectivity index (χ2v) is 6.31. The molecule has 0 aromatic rings. The number of rotatable bonds is 5. The normalized spacial score (nSPS) is 30.1. The van der Waals surface area contributed by atoms with Crippen molar-refractivity contribution in [2.24, 2.45) is 11.8 Å². The maximum absolute atomic E-state index is 12.6. The van der Waals surface area contributed by atoms with Gasteiger partial charge in [0.1, 0.15) is 0 Å².